The number of carbonyl (C=O) groups is 1. The zero-order valence-electron chi connectivity index (χ0n) is 19.2. The summed E-state index contributed by atoms with van der Waals surface area (Å²) in [6.45, 7) is 1.42. The van der Waals surface area contributed by atoms with Crippen molar-refractivity contribution in [1.29, 1.82) is 0 Å². The predicted octanol–water partition coefficient (Wildman–Crippen LogP) is 6.56. The number of aryl methyl sites for hydroxylation is 1. The van der Waals surface area contributed by atoms with E-state index in [2.05, 4.69) is 20.3 Å². The van der Waals surface area contributed by atoms with Crippen molar-refractivity contribution in [2.45, 2.75) is 50.1 Å². The third-order valence-corrected chi connectivity index (χ3v) is 6.56. The van der Waals surface area contributed by atoms with Gasteiger partial charge >= 0.3 is 12.4 Å². The van der Waals surface area contributed by atoms with Gasteiger partial charge in [-0.1, -0.05) is 16.8 Å². The van der Waals surface area contributed by atoms with Crippen molar-refractivity contribution in [3.63, 3.8) is 0 Å². The lowest BCUT2D eigenvalue weighted by Crippen LogP contribution is -2.44. The SMILES string of the molecule is Cc1cc(C2=NO[C@](c3cc(Cl)cc(C(F)(F)F)c3F)(C(F)(F)F)C2)ncc1C(=O)NCC1CC(F)(F)C1. The van der Waals surface area contributed by atoms with E-state index in [1.165, 1.54) is 13.0 Å². The standard InChI is InChI=1S/C23H17ClF9N3O2/c1-10-2-16(34-9-13(10)19(37)35-8-11-5-20(26,27)6-11)17-7-21(38-36-17,23(31,32)33)14-3-12(24)4-15(18(14)25)22(28,29)30/h2-4,9,11H,5-8H2,1H3,(H,35,37)/t21-/m1/s1. The summed E-state index contributed by atoms with van der Waals surface area (Å²) in [5.41, 5.74) is -7.57. The van der Waals surface area contributed by atoms with Crippen LogP contribution in [0.5, 0.6) is 0 Å². The molecule has 206 valence electrons. The summed E-state index contributed by atoms with van der Waals surface area (Å²) >= 11 is 5.60. The molecule has 5 nitrogen and oxygen atoms in total. The van der Waals surface area contributed by atoms with Crippen LogP contribution in [0.2, 0.25) is 5.02 Å². The Labute approximate surface area is 214 Å². The van der Waals surface area contributed by atoms with Gasteiger partial charge in [0.2, 0.25) is 5.92 Å². The van der Waals surface area contributed by atoms with Gasteiger partial charge in [0.1, 0.15) is 11.5 Å². The molecule has 1 aromatic carbocycles. The molecule has 2 aliphatic rings. The number of halogens is 10. The van der Waals surface area contributed by atoms with Gasteiger partial charge in [-0.05, 0) is 36.6 Å². The van der Waals surface area contributed by atoms with Crippen molar-refractivity contribution in [2.24, 2.45) is 11.1 Å². The summed E-state index contributed by atoms with van der Waals surface area (Å²) < 4.78 is 123. The molecule has 1 aromatic heterocycles. The second-order valence-electron chi connectivity index (χ2n) is 9.17. The van der Waals surface area contributed by atoms with Gasteiger partial charge in [0.25, 0.3) is 11.5 Å². The van der Waals surface area contributed by atoms with Gasteiger partial charge in [0.05, 0.1) is 23.2 Å². The van der Waals surface area contributed by atoms with E-state index < -0.39 is 69.8 Å². The van der Waals surface area contributed by atoms with E-state index in [4.69, 9.17) is 11.6 Å². The van der Waals surface area contributed by atoms with Gasteiger partial charge in [-0.15, -0.1) is 0 Å². The van der Waals surface area contributed by atoms with Gasteiger partial charge < -0.3 is 10.2 Å². The van der Waals surface area contributed by atoms with E-state index in [0.717, 1.165) is 6.20 Å². The van der Waals surface area contributed by atoms with E-state index in [-0.39, 0.29) is 42.3 Å². The number of hydrogen-bond acceptors (Lipinski definition) is 4. The number of carbonyl (C=O) groups excluding carboxylic acids is 1. The van der Waals surface area contributed by atoms with Crippen molar-refractivity contribution in [3.8, 4) is 0 Å². The average molecular weight is 574 g/mol. The quantitative estimate of drug-likeness (QED) is 0.412. The van der Waals surface area contributed by atoms with E-state index in [0.29, 0.717) is 6.07 Å². The number of nitrogens with zero attached hydrogens (tertiary/aromatic N) is 2. The molecule has 0 bridgehead atoms. The van der Waals surface area contributed by atoms with Crippen molar-refractivity contribution in [3.05, 3.63) is 63.2 Å². The minimum atomic E-state index is -5.43. The molecule has 1 fully saturated rings. The van der Waals surface area contributed by atoms with Crippen LogP contribution in [0.1, 0.15) is 52.0 Å². The molecule has 0 saturated heterocycles. The van der Waals surface area contributed by atoms with E-state index >= 15 is 0 Å². The molecule has 1 saturated carbocycles. The number of benzene rings is 1. The van der Waals surface area contributed by atoms with Crippen molar-refractivity contribution in [2.75, 3.05) is 6.54 Å². The minimum Gasteiger partial charge on any atom is -0.374 e. The number of amides is 1. The summed E-state index contributed by atoms with van der Waals surface area (Å²) in [4.78, 5) is 20.9. The Hall–Kier alpha value is -3.03. The van der Waals surface area contributed by atoms with Gasteiger partial charge in [0, 0.05) is 36.2 Å². The van der Waals surface area contributed by atoms with Crippen molar-refractivity contribution < 1.29 is 49.1 Å². The maximum absolute atomic E-state index is 14.8. The first-order valence-electron chi connectivity index (χ1n) is 10.9. The second kappa shape index (κ2) is 9.31. The summed E-state index contributed by atoms with van der Waals surface area (Å²) in [7, 11) is 0. The summed E-state index contributed by atoms with van der Waals surface area (Å²) in [6.07, 6.45) is -11.7. The minimum absolute atomic E-state index is 0.00458. The highest BCUT2D eigenvalue weighted by Crippen LogP contribution is 2.51. The molecule has 1 aliphatic carbocycles. The lowest BCUT2D eigenvalue weighted by molar-refractivity contribution is -0.277. The van der Waals surface area contributed by atoms with E-state index in [1.807, 2.05) is 0 Å². The molecule has 1 aliphatic heterocycles. The van der Waals surface area contributed by atoms with E-state index in [1.54, 1.807) is 0 Å². The fourth-order valence-corrected chi connectivity index (χ4v) is 4.54. The van der Waals surface area contributed by atoms with E-state index in [9.17, 15) is 44.3 Å². The fraction of sp³-hybridized carbons (Fsp3) is 0.435. The van der Waals surface area contributed by atoms with Crippen LogP contribution in [0.3, 0.4) is 0 Å². The maximum atomic E-state index is 14.8. The molecule has 2 aromatic rings. The number of aromatic nitrogens is 1. The summed E-state index contributed by atoms with van der Waals surface area (Å²) in [5.74, 6) is -6.01. The number of pyridine rings is 1. The summed E-state index contributed by atoms with van der Waals surface area (Å²) in [6, 6.07) is 1.74. The Morgan fingerprint density at radius 2 is 1.82 bits per heavy atom. The first-order chi connectivity index (χ1) is 17.4. The fourth-order valence-electron chi connectivity index (χ4n) is 4.32. The highest BCUT2D eigenvalue weighted by Gasteiger charge is 2.64. The molecule has 2 heterocycles. The van der Waals surface area contributed by atoms with Crippen molar-refractivity contribution >= 4 is 23.2 Å². The monoisotopic (exact) mass is 573 g/mol. The highest BCUT2D eigenvalue weighted by atomic mass is 35.5. The van der Waals surface area contributed by atoms with Crippen LogP contribution >= 0.6 is 11.6 Å². The predicted molar refractivity (Wildman–Crippen MR) is 115 cm³/mol. The maximum Gasteiger partial charge on any atom is 0.435 e. The largest absolute Gasteiger partial charge is 0.435 e. The first kappa shape index (κ1) is 28.0. The highest BCUT2D eigenvalue weighted by molar-refractivity contribution is 6.30. The van der Waals surface area contributed by atoms with Crippen molar-refractivity contribution in [1.82, 2.24) is 10.3 Å². The zero-order chi connectivity index (χ0) is 28.3. The number of oxime groups is 1. The van der Waals surface area contributed by atoms with Crippen LogP contribution in [0.4, 0.5) is 39.5 Å². The van der Waals surface area contributed by atoms with Crippen LogP contribution in [-0.2, 0) is 16.6 Å². The lowest BCUT2D eigenvalue weighted by atomic mass is 9.81. The smallest absolute Gasteiger partial charge is 0.374 e. The molecule has 38 heavy (non-hydrogen) atoms. The molecular formula is C23H17ClF9N3O2. The molecule has 1 atom stereocenters. The molecule has 0 radical (unpaired) electrons. The third-order valence-electron chi connectivity index (χ3n) is 6.34. The summed E-state index contributed by atoms with van der Waals surface area (Å²) in [5, 5.41) is 5.03. The molecular weight excluding hydrogens is 557 g/mol. The lowest BCUT2D eigenvalue weighted by Gasteiger charge is -2.34. The van der Waals surface area contributed by atoms with Gasteiger partial charge in [-0.2, -0.15) is 26.3 Å². The van der Waals surface area contributed by atoms with Crippen LogP contribution in [0.15, 0.2) is 29.6 Å². The normalized spacial score (nSPS) is 21.5. The third kappa shape index (κ3) is 5.14. The van der Waals surface area contributed by atoms with Crippen LogP contribution in [0, 0.1) is 18.7 Å². The first-order valence-corrected chi connectivity index (χ1v) is 11.3. The van der Waals surface area contributed by atoms with Gasteiger partial charge in [0.15, 0.2) is 0 Å². The van der Waals surface area contributed by atoms with Gasteiger partial charge in [-0.25, -0.2) is 13.2 Å². The van der Waals surface area contributed by atoms with Gasteiger partial charge in [-0.3, -0.25) is 9.78 Å². The topological polar surface area (TPSA) is 63.6 Å². The Morgan fingerprint density at radius 1 is 1.16 bits per heavy atom. The Morgan fingerprint density at radius 3 is 2.37 bits per heavy atom. The number of hydrogen-bond donors (Lipinski definition) is 1. The molecule has 0 unspecified atom stereocenters. The molecule has 4 rings (SSSR count). The van der Waals surface area contributed by atoms with Crippen LogP contribution < -0.4 is 5.32 Å². The number of rotatable bonds is 5. The Balaban J connectivity index is 1.59. The Bertz CT molecular complexity index is 1300. The molecule has 0 spiro atoms. The molecule has 15 heteroatoms. The Kier molecular flexibility index (Phi) is 6.86. The number of nitrogens with one attached hydrogen (secondary N) is 1. The van der Waals surface area contributed by atoms with Crippen LogP contribution in [-0.4, -0.2) is 35.2 Å². The zero-order valence-corrected chi connectivity index (χ0v) is 20.0. The number of alkyl halides is 8. The second-order valence-corrected chi connectivity index (χ2v) is 9.60. The average Bonchev–Trinajstić information content (AvgIpc) is 3.23. The van der Waals surface area contributed by atoms with Crippen LogP contribution in [0.25, 0.3) is 0 Å². The molecule has 1 N–H and O–H groups in total. The molecule has 1 amide bonds.